The first-order chi connectivity index (χ1) is 10.3. The summed E-state index contributed by atoms with van der Waals surface area (Å²) in [5.41, 5.74) is 4.21. The first-order valence-corrected chi connectivity index (χ1v) is 7.42. The molecule has 2 heterocycles. The molecule has 0 bridgehead atoms. The number of benzene rings is 1. The zero-order valence-electron chi connectivity index (χ0n) is 11.7. The average molecular weight is 279 g/mol. The number of rotatable bonds is 3. The maximum atomic E-state index is 12.1. The van der Waals surface area contributed by atoms with Gasteiger partial charge in [0.2, 0.25) is 0 Å². The molecule has 0 radical (unpaired) electrons. The number of hydrogen-bond donors (Lipinski definition) is 1. The molecule has 106 valence electrons. The molecule has 1 saturated carbocycles. The molecule has 1 aromatic heterocycles. The van der Waals surface area contributed by atoms with Crippen molar-refractivity contribution in [2.45, 2.75) is 25.3 Å². The lowest BCUT2D eigenvalue weighted by Crippen LogP contribution is -2.25. The summed E-state index contributed by atoms with van der Waals surface area (Å²) in [6, 6.07) is 10.7. The van der Waals surface area contributed by atoms with Crippen LogP contribution in [0.15, 0.2) is 42.7 Å². The summed E-state index contributed by atoms with van der Waals surface area (Å²) >= 11 is 0. The van der Waals surface area contributed by atoms with Crippen LogP contribution in [-0.2, 0) is 6.42 Å². The van der Waals surface area contributed by atoms with E-state index in [9.17, 15) is 4.79 Å². The molecule has 0 unspecified atom stereocenters. The van der Waals surface area contributed by atoms with Crippen molar-refractivity contribution in [1.82, 2.24) is 10.3 Å². The summed E-state index contributed by atoms with van der Waals surface area (Å²) in [5, 5.41) is 3.01. The van der Waals surface area contributed by atoms with Gasteiger partial charge in [-0.2, -0.15) is 0 Å². The fourth-order valence-corrected chi connectivity index (χ4v) is 2.80. The fourth-order valence-electron chi connectivity index (χ4n) is 2.80. The zero-order chi connectivity index (χ0) is 14.2. The quantitative estimate of drug-likeness (QED) is 0.939. The highest BCUT2D eigenvalue weighted by Crippen LogP contribution is 2.34. The van der Waals surface area contributed by atoms with Gasteiger partial charge >= 0.3 is 0 Å². The second-order valence-electron chi connectivity index (χ2n) is 5.71. The number of amides is 1. The highest BCUT2D eigenvalue weighted by molar-refractivity contribution is 5.95. The molecular weight excluding hydrogens is 262 g/mol. The van der Waals surface area contributed by atoms with Crippen molar-refractivity contribution in [3.05, 3.63) is 53.9 Å². The number of nitrogens with one attached hydrogen (secondary N) is 1. The van der Waals surface area contributed by atoms with Crippen LogP contribution in [0.4, 0.5) is 11.4 Å². The summed E-state index contributed by atoms with van der Waals surface area (Å²) in [4.78, 5) is 18.6. The Bertz CT molecular complexity index is 694. The minimum atomic E-state index is -0.0145. The van der Waals surface area contributed by atoms with Gasteiger partial charge in [-0.3, -0.25) is 9.78 Å². The number of pyridine rings is 1. The summed E-state index contributed by atoms with van der Waals surface area (Å²) in [6.07, 6.45) is 6.70. The molecule has 1 aliphatic carbocycles. The summed E-state index contributed by atoms with van der Waals surface area (Å²) in [5.74, 6) is -0.0145. The van der Waals surface area contributed by atoms with Crippen molar-refractivity contribution in [3.63, 3.8) is 0 Å². The van der Waals surface area contributed by atoms with Gasteiger partial charge in [0.15, 0.2) is 0 Å². The number of carbonyl (C=O) groups excluding carboxylic acids is 1. The number of para-hydroxylation sites is 1. The van der Waals surface area contributed by atoms with Crippen LogP contribution >= 0.6 is 0 Å². The Kier molecular flexibility index (Phi) is 2.88. The predicted octanol–water partition coefficient (Wildman–Crippen LogP) is 2.67. The van der Waals surface area contributed by atoms with E-state index in [1.54, 1.807) is 6.20 Å². The van der Waals surface area contributed by atoms with E-state index in [2.05, 4.69) is 33.4 Å². The highest BCUT2D eigenvalue weighted by atomic mass is 16.1. The summed E-state index contributed by atoms with van der Waals surface area (Å²) in [6.45, 7) is 0.939. The van der Waals surface area contributed by atoms with E-state index in [0.29, 0.717) is 11.6 Å². The number of hydrogen-bond acceptors (Lipinski definition) is 3. The van der Waals surface area contributed by atoms with E-state index < -0.39 is 0 Å². The molecule has 2 aliphatic rings. The van der Waals surface area contributed by atoms with Crippen molar-refractivity contribution in [3.8, 4) is 0 Å². The van der Waals surface area contributed by atoms with Gasteiger partial charge in [-0.05, 0) is 37.0 Å². The second kappa shape index (κ2) is 4.88. The van der Waals surface area contributed by atoms with Crippen LogP contribution in [0.3, 0.4) is 0 Å². The van der Waals surface area contributed by atoms with Crippen molar-refractivity contribution >= 4 is 17.3 Å². The van der Waals surface area contributed by atoms with Crippen LogP contribution in [0.2, 0.25) is 0 Å². The Morgan fingerprint density at radius 1 is 1.24 bits per heavy atom. The number of anilines is 2. The maximum absolute atomic E-state index is 12.1. The van der Waals surface area contributed by atoms with Crippen molar-refractivity contribution in [2.24, 2.45) is 0 Å². The number of nitrogens with zero attached hydrogens (tertiary/aromatic N) is 2. The third-order valence-corrected chi connectivity index (χ3v) is 4.10. The van der Waals surface area contributed by atoms with Gasteiger partial charge in [0, 0.05) is 24.5 Å². The van der Waals surface area contributed by atoms with Crippen molar-refractivity contribution < 1.29 is 4.79 Å². The molecule has 0 saturated heterocycles. The molecule has 1 fully saturated rings. The van der Waals surface area contributed by atoms with Crippen LogP contribution < -0.4 is 10.2 Å². The lowest BCUT2D eigenvalue weighted by atomic mass is 10.2. The molecule has 1 amide bonds. The average Bonchev–Trinajstić information content (AvgIpc) is 3.23. The molecule has 4 nitrogen and oxygen atoms in total. The van der Waals surface area contributed by atoms with Gasteiger partial charge in [0.05, 0.1) is 17.4 Å². The smallest absolute Gasteiger partial charge is 0.253 e. The van der Waals surface area contributed by atoms with E-state index >= 15 is 0 Å². The molecule has 1 aliphatic heterocycles. The number of aromatic nitrogens is 1. The van der Waals surface area contributed by atoms with Gasteiger partial charge < -0.3 is 10.2 Å². The van der Waals surface area contributed by atoms with E-state index in [-0.39, 0.29) is 5.91 Å². The van der Waals surface area contributed by atoms with E-state index in [1.807, 2.05) is 18.3 Å². The van der Waals surface area contributed by atoms with Crippen LogP contribution in [0.5, 0.6) is 0 Å². The van der Waals surface area contributed by atoms with Crippen LogP contribution in [0, 0.1) is 0 Å². The fraction of sp³-hybridized carbons (Fsp3) is 0.294. The third-order valence-electron chi connectivity index (χ3n) is 4.10. The molecule has 1 N–H and O–H groups in total. The monoisotopic (exact) mass is 279 g/mol. The Morgan fingerprint density at radius 3 is 2.95 bits per heavy atom. The summed E-state index contributed by atoms with van der Waals surface area (Å²) < 4.78 is 0. The molecule has 21 heavy (non-hydrogen) atoms. The first kappa shape index (κ1) is 12.4. The minimum absolute atomic E-state index is 0.0145. The standard InChI is InChI=1S/C17H17N3O/c21-17(19-14-5-6-14)13-9-15(11-18-10-13)20-8-7-12-3-1-2-4-16(12)20/h1-4,9-11,14H,5-8H2,(H,19,21). The topological polar surface area (TPSA) is 45.2 Å². The van der Waals surface area contributed by atoms with Crippen LogP contribution in [0.25, 0.3) is 0 Å². The van der Waals surface area contributed by atoms with Gasteiger partial charge in [0.1, 0.15) is 0 Å². The SMILES string of the molecule is O=C(NC1CC1)c1cncc(N2CCc3ccccc32)c1. The van der Waals surface area contributed by atoms with Gasteiger partial charge in [-0.25, -0.2) is 0 Å². The van der Waals surface area contributed by atoms with Gasteiger partial charge in [-0.1, -0.05) is 18.2 Å². The van der Waals surface area contributed by atoms with Gasteiger partial charge in [-0.15, -0.1) is 0 Å². The predicted molar refractivity (Wildman–Crippen MR) is 81.9 cm³/mol. The van der Waals surface area contributed by atoms with Crippen LogP contribution in [0.1, 0.15) is 28.8 Å². The Hall–Kier alpha value is -2.36. The van der Waals surface area contributed by atoms with Crippen molar-refractivity contribution in [2.75, 3.05) is 11.4 Å². The van der Waals surface area contributed by atoms with Crippen LogP contribution in [-0.4, -0.2) is 23.5 Å². The highest BCUT2D eigenvalue weighted by Gasteiger charge is 2.25. The third kappa shape index (κ3) is 2.37. The lowest BCUT2D eigenvalue weighted by Gasteiger charge is -2.19. The number of fused-ring (bicyclic) bond motifs is 1. The Balaban J connectivity index is 1.62. The first-order valence-electron chi connectivity index (χ1n) is 7.42. The van der Waals surface area contributed by atoms with E-state index in [0.717, 1.165) is 31.5 Å². The van der Waals surface area contributed by atoms with E-state index in [4.69, 9.17) is 0 Å². The maximum Gasteiger partial charge on any atom is 0.253 e. The molecule has 2 aromatic rings. The van der Waals surface area contributed by atoms with Gasteiger partial charge in [0.25, 0.3) is 5.91 Å². The minimum Gasteiger partial charge on any atom is -0.349 e. The molecule has 0 spiro atoms. The normalized spacial score (nSPS) is 16.7. The molecule has 1 aromatic carbocycles. The van der Waals surface area contributed by atoms with Crippen molar-refractivity contribution in [1.29, 1.82) is 0 Å². The number of carbonyl (C=O) groups is 1. The zero-order valence-corrected chi connectivity index (χ0v) is 11.7. The Labute approximate surface area is 123 Å². The van der Waals surface area contributed by atoms with E-state index in [1.165, 1.54) is 11.3 Å². The molecular formula is C17H17N3O. The Morgan fingerprint density at radius 2 is 2.10 bits per heavy atom. The second-order valence-corrected chi connectivity index (χ2v) is 5.71. The molecule has 4 heteroatoms. The largest absolute Gasteiger partial charge is 0.349 e. The summed E-state index contributed by atoms with van der Waals surface area (Å²) in [7, 11) is 0. The molecule has 4 rings (SSSR count). The molecule has 0 atom stereocenters. The lowest BCUT2D eigenvalue weighted by molar-refractivity contribution is 0.0950.